The largest absolute Gasteiger partial charge is 0.487 e. The Kier molecular flexibility index (Phi) is 5.76. The lowest BCUT2D eigenvalue weighted by atomic mass is 9.81. The molecule has 2 fully saturated rings. The van der Waals surface area contributed by atoms with Gasteiger partial charge in [0.05, 0.1) is 18.1 Å². The van der Waals surface area contributed by atoms with E-state index in [1.807, 2.05) is 6.07 Å². The highest BCUT2D eigenvalue weighted by Gasteiger charge is 2.41. The molecule has 0 radical (unpaired) electrons. The summed E-state index contributed by atoms with van der Waals surface area (Å²) in [5, 5.41) is 0. The lowest BCUT2D eigenvalue weighted by Crippen LogP contribution is -2.53. The highest BCUT2D eigenvalue weighted by Crippen LogP contribution is 2.41. The average Bonchev–Trinajstić information content (AvgIpc) is 2.78. The van der Waals surface area contributed by atoms with Gasteiger partial charge in [0.25, 0.3) is 5.91 Å². The number of nitrogens with zero attached hydrogens (tertiary/aromatic N) is 4. The van der Waals surface area contributed by atoms with Gasteiger partial charge in [0.1, 0.15) is 29.4 Å². The van der Waals surface area contributed by atoms with E-state index in [0.29, 0.717) is 18.0 Å². The number of hydrogen-bond donors (Lipinski definition) is 0. The molecule has 1 saturated heterocycles. The molecule has 3 aliphatic rings. The van der Waals surface area contributed by atoms with Gasteiger partial charge in [-0.25, -0.2) is 4.98 Å². The maximum atomic E-state index is 11.9. The van der Waals surface area contributed by atoms with E-state index >= 15 is 0 Å². The second-order valence-corrected chi connectivity index (χ2v) is 9.56. The summed E-state index contributed by atoms with van der Waals surface area (Å²) in [5.41, 5.74) is 2.24. The molecule has 1 aliphatic carbocycles. The van der Waals surface area contributed by atoms with Gasteiger partial charge in [-0.1, -0.05) is 6.42 Å². The quantitative estimate of drug-likeness (QED) is 0.715. The number of carbonyl (C=O) groups excluding carboxylic acids is 1. The standard InChI is InChI=1S/C25H32N4O3/c1-28(2)24(30)22-16-26-19(15-27-22)17-31-21-6-7-23-18(14-21)8-9-25(32-23)10-12-29(13-11-25)20-4-3-5-20/h6-7,14-16,20H,3-5,8-13,17H2,1-2H3. The van der Waals surface area contributed by atoms with Crippen LogP contribution in [0.1, 0.15) is 60.3 Å². The third-order valence-electron chi connectivity index (χ3n) is 7.23. The van der Waals surface area contributed by atoms with Crippen LogP contribution in [0.15, 0.2) is 30.6 Å². The van der Waals surface area contributed by atoms with Gasteiger partial charge < -0.3 is 19.3 Å². The molecule has 2 aliphatic heterocycles. The minimum Gasteiger partial charge on any atom is -0.487 e. The molecule has 1 amide bonds. The Morgan fingerprint density at radius 2 is 2.00 bits per heavy atom. The van der Waals surface area contributed by atoms with Crippen LogP contribution in [0.3, 0.4) is 0 Å². The van der Waals surface area contributed by atoms with Gasteiger partial charge in [-0.05, 0) is 62.3 Å². The Hall–Kier alpha value is -2.67. The fraction of sp³-hybridized carbons (Fsp3) is 0.560. The summed E-state index contributed by atoms with van der Waals surface area (Å²) in [5.74, 6) is 1.65. The van der Waals surface area contributed by atoms with Crippen molar-refractivity contribution in [3.8, 4) is 11.5 Å². The number of fused-ring (bicyclic) bond motifs is 1. The van der Waals surface area contributed by atoms with E-state index < -0.39 is 0 Å². The van der Waals surface area contributed by atoms with Gasteiger partial charge in [0.2, 0.25) is 0 Å². The van der Waals surface area contributed by atoms with Crippen molar-refractivity contribution in [3.63, 3.8) is 0 Å². The minimum absolute atomic E-state index is 0.0109. The van der Waals surface area contributed by atoms with Crippen molar-refractivity contribution in [2.24, 2.45) is 0 Å². The third kappa shape index (κ3) is 4.31. The molecular weight excluding hydrogens is 404 g/mol. The normalized spacial score (nSPS) is 20.2. The number of piperidine rings is 1. The van der Waals surface area contributed by atoms with E-state index in [1.165, 1.54) is 49.0 Å². The summed E-state index contributed by atoms with van der Waals surface area (Å²) >= 11 is 0. The molecule has 170 valence electrons. The zero-order valence-electron chi connectivity index (χ0n) is 19.0. The van der Waals surface area contributed by atoms with Gasteiger partial charge in [-0.15, -0.1) is 0 Å². The molecular formula is C25H32N4O3. The number of ether oxygens (including phenoxy) is 2. The van der Waals surface area contributed by atoms with E-state index in [0.717, 1.165) is 43.2 Å². The second kappa shape index (κ2) is 8.70. The van der Waals surface area contributed by atoms with E-state index in [1.54, 1.807) is 20.3 Å². The molecule has 0 N–H and O–H groups in total. The van der Waals surface area contributed by atoms with Crippen molar-refractivity contribution < 1.29 is 14.3 Å². The monoisotopic (exact) mass is 436 g/mol. The first kappa shape index (κ1) is 21.2. The van der Waals surface area contributed by atoms with E-state index in [2.05, 4.69) is 27.0 Å². The first-order valence-electron chi connectivity index (χ1n) is 11.7. The van der Waals surface area contributed by atoms with Crippen molar-refractivity contribution >= 4 is 5.91 Å². The number of likely N-dealkylation sites (tertiary alicyclic amines) is 1. The van der Waals surface area contributed by atoms with Crippen LogP contribution in [-0.4, -0.2) is 64.5 Å². The summed E-state index contributed by atoms with van der Waals surface area (Å²) in [7, 11) is 3.39. The summed E-state index contributed by atoms with van der Waals surface area (Å²) < 4.78 is 12.5. The van der Waals surface area contributed by atoms with Gasteiger partial charge in [-0.3, -0.25) is 9.78 Å². The number of benzene rings is 1. The molecule has 1 aromatic carbocycles. The van der Waals surface area contributed by atoms with Gasteiger partial charge in [-0.2, -0.15) is 0 Å². The Balaban J connectivity index is 1.17. The van der Waals surface area contributed by atoms with E-state index in [-0.39, 0.29) is 11.5 Å². The van der Waals surface area contributed by atoms with Crippen LogP contribution in [0.2, 0.25) is 0 Å². The number of aromatic nitrogens is 2. The van der Waals surface area contributed by atoms with Crippen LogP contribution in [0.5, 0.6) is 11.5 Å². The number of amides is 1. The van der Waals surface area contributed by atoms with Crippen LogP contribution >= 0.6 is 0 Å². The summed E-state index contributed by atoms with van der Waals surface area (Å²) in [6.07, 6.45) is 11.6. The van der Waals surface area contributed by atoms with Crippen LogP contribution in [0, 0.1) is 0 Å². The SMILES string of the molecule is CN(C)C(=O)c1cnc(COc2ccc3c(c2)CCC2(CCN(C4CCC4)CC2)O3)cn1. The predicted molar refractivity (Wildman–Crippen MR) is 121 cm³/mol. The molecule has 2 aromatic rings. The molecule has 0 atom stereocenters. The summed E-state index contributed by atoms with van der Waals surface area (Å²) in [6.45, 7) is 2.65. The number of hydrogen-bond acceptors (Lipinski definition) is 6. The van der Waals surface area contributed by atoms with Crippen molar-refractivity contribution in [3.05, 3.63) is 47.5 Å². The van der Waals surface area contributed by atoms with Crippen LogP contribution in [-0.2, 0) is 13.0 Å². The third-order valence-corrected chi connectivity index (χ3v) is 7.23. The highest BCUT2D eigenvalue weighted by molar-refractivity contribution is 5.91. The molecule has 1 aromatic heterocycles. The summed E-state index contributed by atoms with van der Waals surface area (Å²) in [4.78, 5) is 24.6. The number of aryl methyl sites for hydroxylation is 1. The van der Waals surface area contributed by atoms with Crippen LogP contribution in [0.4, 0.5) is 0 Å². The Bertz CT molecular complexity index is 964. The fourth-order valence-corrected chi connectivity index (χ4v) is 4.91. The molecule has 7 heteroatoms. The van der Waals surface area contributed by atoms with E-state index in [4.69, 9.17) is 9.47 Å². The predicted octanol–water partition coefficient (Wildman–Crippen LogP) is 3.47. The van der Waals surface area contributed by atoms with E-state index in [9.17, 15) is 4.79 Å². The molecule has 32 heavy (non-hydrogen) atoms. The average molecular weight is 437 g/mol. The Morgan fingerprint density at radius 1 is 1.19 bits per heavy atom. The topological polar surface area (TPSA) is 67.8 Å². The van der Waals surface area contributed by atoms with Gasteiger partial charge in [0.15, 0.2) is 0 Å². The second-order valence-electron chi connectivity index (χ2n) is 9.56. The van der Waals surface area contributed by atoms with Crippen molar-refractivity contribution in [1.29, 1.82) is 0 Å². The number of carbonyl (C=O) groups is 1. The summed E-state index contributed by atoms with van der Waals surface area (Å²) in [6, 6.07) is 6.94. The molecule has 1 saturated carbocycles. The smallest absolute Gasteiger partial charge is 0.273 e. The van der Waals surface area contributed by atoms with Crippen molar-refractivity contribution in [1.82, 2.24) is 19.8 Å². The van der Waals surface area contributed by atoms with Crippen LogP contribution < -0.4 is 9.47 Å². The molecule has 7 nitrogen and oxygen atoms in total. The Labute approximate surface area is 189 Å². The van der Waals surface area contributed by atoms with Gasteiger partial charge in [0, 0.05) is 33.2 Å². The maximum absolute atomic E-state index is 11.9. The maximum Gasteiger partial charge on any atom is 0.273 e. The van der Waals surface area contributed by atoms with Crippen molar-refractivity contribution in [2.75, 3.05) is 27.2 Å². The first-order valence-corrected chi connectivity index (χ1v) is 11.7. The Morgan fingerprint density at radius 3 is 2.66 bits per heavy atom. The fourth-order valence-electron chi connectivity index (χ4n) is 4.91. The van der Waals surface area contributed by atoms with Gasteiger partial charge >= 0.3 is 0 Å². The number of rotatable bonds is 5. The van der Waals surface area contributed by atoms with Crippen molar-refractivity contribution in [2.45, 2.75) is 63.2 Å². The zero-order chi connectivity index (χ0) is 22.1. The molecule has 1 spiro atoms. The van der Waals surface area contributed by atoms with Crippen LogP contribution in [0.25, 0.3) is 0 Å². The first-order chi connectivity index (χ1) is 15.5. The molecule has 0 bridgehead atoms. The zero-order valence-corrected chi connectivity index (χ0v) is 19.0. The minimum atomic E-state index is -0.161. The molecule has 5 rings (SSSR count). The highest BCUT2D eigenvalue weighted by atomic mass is 16.5. The molecule has 0 unspecified atom stereocenters. The lowest BCUT2D eigenvalue weighted by Gasteiger charge is -2.48. The molecule has 3 heterocycles. The lowest BCUT2D eigenvalue weighted by molar-refractivity contribution is -0.0337.